The van der Waals surface area contributed by atoms with Crippen LogP contribution >= 0.6 is 0 Å². The average molecular weight is 221 g/mol. The summed E-state index contributed by atoms with van der Waals surface area (Å²) in [5.74, 6) is 0.831. The van der Waals surface area contributed by atoms with Gasteiger partial charge in [0.1, 0.15) is 0 Å². The summed E-state index contributed by atoms with van der Waals surface area (Å²) >= 11 is 0. The van der Waals surface area contributed by atoms with Crippen molar-refractivity contribution in [2.75, 3.05) is 0 Å². The van der Waals surface area contributed by atoms with Crippen LogP contribution in [-0.2, 0) is 7.05 Å². The second-order valence-corrected chi connectivity index (χ2v) is 5.15. The lowest BCUT2D eigenvalue weighted by atomic mass is 9.91. The molecule has 2 rings (SSSR count). The molecule has 1 saturated carbocycles. The fourth-order valence-electron chi connectivity index (χ4n) is 2.73. The van der Waals surface area contributed by atoms with E-state index in [4.69, 9.17) is 5.73 Å². The number of nitrogens with zero attached hydrogens (tertiary/aromatic N) is 2. The molecule has 1 unspecified atom stereocenters. The summed E-state index contributed by atoms with van der Waals surface area (Å²) < 4.78 is 1.84. The third-order valence-electron chi connectivity index (χ3n) is 3.72. The first-order valence-electron chi connectivity index (χ1n) is 6.50. The second-order valence-electron chi connectivity index (χ2n) is 5.15. The van der Waals surface area contributed by atoms with E-state index in [-0.39, 0.29) is 6.04 Å². The van der Waals surface area contributed by atoms with Crippen LogP contribution in [0.5, 0.6) is 0 Å². The fraction of sp³-hybridized carbons (Fsp3) is 0.769. The molecule has 1 aromatic rings. The minimum Gasteiger partial charge on any atom is -0.324 e. The summed E-state index contributed by atoms with van der Waals surface area (Å²) in [5, 5.41) is 4.19. The van der Waals surface area contributed by atoms with E-state index >= 15 is 0 Å². The van der Waals surface area contributed by atoms with Gasteiger partial charge in [-0.2, -0.15) is 5.10 Å². The van der Waals surface area contributed by atoms with Crippen LogP contribution in [0.15, 0.2) is 12.4 Å². The molecule has 0 saturated heterocycles. The van der Waals surface area contributed by atoms with Crippen LogP contribution in [0.2, 0.25) is 0 Å². The molecule has 0 radical (unpaired) electrons. The van der Waals surface area contributed by atoms with Gasteiger partial charge in [0.05, 0.1) is 6.20 Å². The maximum absolute atomic E-state index is 6.24. The molecule has 0 aromatic carbocycles. The maximum atomic E-state index is 6.24. The van der Waals surface area contributed by atoms with Crippen LogP contribution in [-0.4, -0.2) is 9.78 Å². The molecule has 16 heavy (non-hydrogen) atoms. The standard InChI is InChI=1S/C13H23N3/c1-16-10-12(9-15-16)13(14)8-11-6-4-2-3-5-7-11/h9-11,13H,2-8,14H2,1H3. The molecule has 1 aliphatic rings. The van der Waals surface area contributed by atoms with Gasteiger partial charge in [-0.3, -0.25) is 4.68 Å². The third kappa shape index (κ3) is 3.08. The van der Waals surface area contributed by atoms with E-state index in [9.17, 15) is 0 Å². The van der Waals surface area contributed by atoms with Crippen molar-refractivity contribution in [2.24, 2.45) is 18.7 Å². The lowest BCUT2D eigenvalue weighted by molar-refractivity contribution is 0.393. The molecular weight excluding hydrogens is 198 g/mol. The van der Waals surface area contributed by atoms with Crippen LogP contribution in [0.1, 0.15) is 56.6 Å². The predicted molar refractivity (Wildman–Crippen MR) is 65.9 cm³/mol. The van der Waals surface area contributed by atoms with Gasteiger partial charge in [-0.15, -0.1) is 0 Å². The van der Waals surface area contributed by atoms with Crippen LogP contribution in [0.4, 0.5) is 0 Å². The number of hydrogen-bond donors (Lipinski definition) is 1. The highest BCUT2D eigenvalue weighted by Crippen LogP contribution is 2.29. The van der Waals surface area contributed by atoms with Gasteiger partial charge in [0, 0.05) is 24.8 Å². The zero-order valence-electron chi connectivity index (χ0n) is 10.2. The minimum absolute atomic E-state index is 0.178. The second kappa shape index (κ2) is 5.48. The molecule has 2 N–H and O–H groups in total. The smallest absolute Gasteiger partial charge is 0.0537 e. The highest BCUT2D eigenvalue weighted by Gasteiger charge is 2.17. The van der Waals surface area contributed by atoms with Crippen molar-refractivity contribution in [1.29, 1.82) is 0 Å². The van der Waals surface area contributed by atoms with Crippen molar-refractivity contribution in [3.8, 4) is 0 Å². The monoisotopic (exact) mass is 221 g/mol. The van der Waals surface area contributed by atoms with Crippen LogP contribution in [0.3, 0.4) is 0 Å². The van der Waals surface area contributed by atoms with E-state index < -0.39 is 0 Å². The summed E-state index contributed by atoms with van der Waals surface area (Å²) in [4.78, 5) is 0. The van der Waals surface area contributed by atoms with Gasteiger partial charge in [0.25, 0.3) is 0 Å². The Morgan fingerprint density at radius 2 is 2.06 bits per heavy atom. The molecule has 1 fully saturated rings. The van der Waals surface area contributed by atoms with E-state index in [1.165, 1.54) is 44.1 Å². The summed E-state index contributed by atoms with van der Waals surface area (Å²) in [6.45, 7) is 0. The van der Waals surface area contributed by atoms with Crippen molar-refractivity contribution in [1.82, 2.24) is 9.78 Å². The van der Waals surface area contributed by atoms with Gasteiger partial charge < -0.3 is 5.73 Å². The Balaban J connectivity index is 1.88. The first-order valence-corrected chi connectivity index (χ1v) is 6.50. The van der Waals surface area contributed by atoms with E-state index in [0.717, 1.165) is 12.3 Å². The van der Waals surface area contributed by atoms with Gasteiger partial charge in [-0.1, -0.05) is 38.5 Å². The Bertz CT molecular complexity index is 311. The molecule has 3 nitrogen and oxygen atoms in total. The summed E-state index contributed by atoms with van der Waals surface area (Å²) in [5.41, 5.74) is 7.42. The zero-order valence-corrected chi connectivity index (χ0v) is 10.2. The maximum Gasteiger partial charge on any atom is 0.0537 e. The molecule has 0 amide bonds. The number of aryl methyl sites for hydroxylation is 1. The average Bonchev–Trinajstić information content (AvgIpc) is 2.54. The topological polar surface area (TPSA) is 43.8 Å². The highest BCUT2D eigenvalue weighted by molar-refractivity contribution is 5.09. The van der Waals surface area contributed by atoms with Crippen molar-refractivity contribution < 1.29 is 0 Å². The zero-order chi connectivity index (χ0) is 11.4. The van der Waals surface area contributed by atoms with Gasteiger partial charge in [-0.05, 0) is 12.3 Å². The van der Waals surface area contributed by atoms with Gasteiger partial charge >= 0.3 is 0 Å². The molecule has 0 aliphatic heterocycles. The Morgan fingerprint density at radius 3 is 2.62 bits per heavy atom. The normalized spacial score (nSPS) is 20.6. The Labute approximate surface area is 98.0 Å². The lowest BCUT2D eigenvalue weighted by Crippen LogP contribution is -2.14. The van der Waals surface area contributed by atoms with Crippen LogP contribution < -0.4 is 5.73 Å². The first kappa shape index (κ1) is 11.6. The lowest BCUT2D eigenvalue weighted by Gasteiger charge is -2.18. The quantitative estimate of drug-likeness (QED) is 0.798. The van der Waals surface area contributed by atoms with Crippen molar-refractivity contribution in [3.05, 3.63) is 18.0 Å². The number of rotatable bonds is 3. The number of nitrogens with two attached hydrogens (primary N) is 1. The van der Waals surface area contributed by atoms with E-state index in [0.29, 0.717) is 0 Å². The van der Waals surface area contributed by atoms with Crippen LogP contribution in [0, 0.1) is 5.92 Å². The first-order chi connectivity index (χ1) is 7.75. The van der Waals surface area contributed by atoms with Crippen LogP contribution in [0.25, 0.3) is 0 Å². The highest BCUT2D eigenvalue weighted by atomic mass is 15.2. The largest absolute Gasteiger partial charge is 0.324 e. The molecule has 0 bridgehead atoms. The SMILES string of the molecule is Cn1cc(C(N)CC2CCCCCC2)cn1. The fourth-order valence-corrected chi connectivity index (χ4v) is 2.73. The van der Waals surface area contributed by atoms with Gasteiger partial charge in [0.2, 0.25) is 0 Å². The summed E-state index contributed by atoms with van der Waals surface area (Å²) in [6.07, 6.45) is 13.4. The predicted octanol–water partition coefficient (Wildman–Crippen LogP) is 2.78. The number of aromatic nitrogens is 2. The van der Waals surface area contributed by atoms with Crippen molar-refractivity contribution in [2.45, 2.75) is 51.0 Å². The Morgan fingerprint density at radius 1 is 1.38 bits per heavy atom. The van der Waals surface area contributed by atoms with Crippen molar-refractivity contribution >= 4 is 0 Å². The molecule has 1 aromatic heterocycles. The summed E-state index contributed by atoms with van der Waals surface area (Å²) in [6, 6.07) is 0.178. The Hall–Kier alpha value is -0.830. The number of hydrogen-bond acceptors (Lipinski definition) is 2. The minimum atomic E-state index is 0.178. The molecular formula is C13H23N3. The molecule has 1 aliphatic carbocycles. The van der Waals surface area contributed by atoms with Crippen molar-refractivity contribution in [3.63, 3.8) is 0 Å². The van der Waals surface area contributed by atoms with Gasteiger partial charge in [-0.25, -0.2) is 0 Å². The molecule has 1 atom stereocenters. The molecule has 0 spiro atoms. The van der Waals surface area contributed by atoms with Gasteiger partial charge in [0.15, 0.2) is 0 Å². The third-order valence-corrected chi connectivity index (χ3v) is 3.72. The molecule has 3 heteroatoms. The van der Waals surface area contributed by atoms with E-state index in [1.807, 2.05) is 24.1 Å². The Kier molecular flexibility index (Phi) is 3.99. The molecule has 1 heterocycles. The molecule has 90 valence electrons. The van der Waals surface area contributed by atoms with E-state index in [1.54, 1.807) is 0 Å². The summed E-state index contributed by atoms with van der Waals surface area (Å²) in [7, 11) is 1.95. The van der Waals surface area contributed by atoms with E-state index in [2.05, 4.69) is 5.10 Å².